The van der Waals surface area contributed by atoms with Crippen molar-refractivity contribution in [3.05, 3.63) is 29.0 Å². The van der Waals surface area contributed by atoms with Gasteiger partial charge in [-0.1, -0.05) is 4.49 Å². The maximum absolute atomic E-state index is 5.96. The highest BCUT2D eigenvalue weighted by atomic mass is 32.1. The molecule has 3 heterocycles. The van der Waals surface area contributed by atoms with E-state index in [0.29, 0.717) is 6.04 Å². The van der Waals surface area contributed by atoms with Gasteiger partial charge >= 0.3 is 0 Å². The molecule has 0 aromatic carbocycles. The van der Waals surface area contributed by atoms with Crippen molar-refractivity contribution in [2.45, 2.75) is 45.0 Å². The van der Waals surface area contributed by atoms with Gasteiger partial charge in [0.05, 0.1) is 11.9 Å². The highest BCUT2D eigenvalue weighted by molar-refractivity contribution is 7.03. The summed E-state index contributed by atoms with van der Waals surface area (Å²) in [4.78, 5) is 0. The minimum atomic E-state index is 0.0793. The molecule has 0 spiro atoms. The molecule has 0 unspecified atom stereocenters. The predicted molar refractivity (Wildman–Crippen MR) is 76.4 cm³/mol. The van der Waals surface area contributed by atoms with Gasteiger partial charge in [0.25, 0.3) is 0 Å². The monoisotopic (exact) mass is 293 g/mol. The maximum atomic E-state index is 5.96. The molecule has 6 nitrogen and oxygen atoms in total. The summed E-state index contributed by atoms with van der Waals surface area (Å²) in [5, 5.41) is 13.9. The molecule has 2 atom stereocenters. The molecule has 0 radical (unpaired) electrons. The molecule has 3 rings (SSSR count). The zero-order chi connectivity index (χ0) is 13.8. The van der Waals surface area contributed by atoms with E-state index in [1.54, 1.807) is 0 Å². The zero-order valence-corrected chi connectivity index (χ0v) is 12.3. The molecule has 1 saturated heterocycles. The van der Waals surface area contributed by atoms with Gasteiger partial charge in [-0.25, -0.2) is 0 Å². The summed E-state index contributed by atoms with van der Waals surface area (Å²) in [5.41, 5.74) is 2.14. The van der Waals surface area contributed by atoms with Gasteiger partial charge in [0, 0.05) is 42.9 Å². The zero-order valence-electron chi connectivity index (χ0n) is 11.5. The highest BCUT2D eigenvalue weighted by Crippen LogP contribution is 2.28. The summed E-state index contributed by atoms with van der Waals surface area (Å²) in [6.07, 6.45) is 6.27. The second-order valence-electron chi connectivity index (χ2n) is 4.95. The molecule has 2 aromatic heterocycles. The molecule has 2 aromatic rings. The topological polar surface area (TPSA) is 64.9 Å². The van der Waals surface area contributed by atoms with E-state index in [9.17, 15) is 0 Å². The number of hydrogen-bond acceptors (Lipinski definition) is 6. The quantitative estimate of drug-likeness (QED) is 0.910. The van der Waals surface area contributed by atoms with Gasteiger partial charge in [0.1, 0.15) is 6.10 Å². The molecule has 1 aliphatic rings. The van der Waals surface area contributed by atoms with E-state index in [-0.39, 0.29) is 6.10 Å². The van der Waals surface area contributed by atoms with Crippen LogP contribution in [-0.4, -0.2) is 32.0 Å². The molecule has 20 heavy (non-hydrogen) atoms. The Bertz CT molecular complexity index is 527. The normalized spacial score (nSPS) is 23.1. The average Bonchev–Trinajstić information content (AvgIpc) is 3.16. The third-order valence-corrected chi connectivity index (χ3v) is 4.13. The van der Waals surface area contributed by atoms with E-state index in [1.165, 1.54) is 11.5 Å². The van der Waals surface area contributed by atoms with Crippen molar-refractivity contribution in [3.8, 4) is 0 Å². The van der Waals surface area contributed by atoms with Crippen LogP contribution in [-0.2, 0) is 17.8 Å². The van der Waals surface area contributed by atoms with E-state index in [1.807, 2.05) is 16.3 Å². The van der Waals surface area contributed by atoms with E-state index < -0.39 is 0 Å². The van der Waals surface area contributed by atoms with Crippen molar-refractivity contribution in [2.75, 3.05) is 6.61 Å². The summed E-state index contributed by atoms with van der Waals surface area (Å²) in [7, 11) is 0. The average molecular weight is 293 g/mol. The van der Waals surface area contributed by atoms with Gasteiger partial charge in [-0.3, -0.25) is 4.68 Å². The molecule has 0 saturated carbocycles. The van der Waals surface area contributed by atoms with E-state index >= 15 is 0 Å². The maximum Gasteiger partial charge on any atom is 0.101 e. The number of nitrogens with one attached hydrogen (secondary N) is 1. The number of aromatic nitrogens is 4. The SMILES string of the molecule is CCn1cc([C@H]2OCCC[C@@H]2NCc2csnn2)cn1. The highest BCUT2D eigenvalue weighted by Gasteiger charge is 2.28. The lowest BCUT2D eigenvalue weighted by atomic mass is 9.98. The van der Waals surface area contributed by atoms with Crippen LogP contribution < -0.4 is 5.32 Å². The summed E-state index contributed by atoms with van der Waals surface area (Å²) < 4.78 is 11.8. The van der Waals surface area contributed by atoms with Crippen LogP contribution in [0.4, 0.5) is 0 Å². The Balaban J connectivity index is 1.67. The Morgan fingerprint density at radius 2 is 2.50 bits per heavy atom. The van der Waals surface area contributed by atoms with Crippen LogP contribution in [0, 0.1) is 0 Å². The first kappa shape index (κ1) is 13.7. The molecule has 108 valence electrons. The molecule has 1 fully saturated rings. The standard InChI is InChI=1S/C13H19N5OS/c1-2-18-8-10(6-15-18)13-12(4-3-5-19-13)14-7-11-9-20-17-16-11/h6,8-9,12-14H,2-5,7H2,1H3/t12-,13+/m0/s1. The third-order valence-electron chi connectivity index (χ3n) is 3.58. The first-order chi connectivity index (χ1) is 9.86. The van der Waals surface area contributed by atoms with E-state index in [0.717, 1.165) is 43.8 Å². The number of ether oxygens (including phenoxy) is 1. The number of hydrogen-bond donors (Lipinski definition) is 1. The van der Waals surface area contributed by atoms with Gasteiger partial charge in [0.2, 0.25) is 0 Å². The van der Waals surface area contributed by atoms with Crippen molar-refractivity contribution < 1.29 is 4.74 Å². The molecule has 0 bridgehead atoms. The fraction of sp³-hybridized carbons (Fsp3) is 0.615. The fourth-order valence-electron chi connectivity index (χ4n) is 2.51. The number of nitrogens with zero attached hydrogens (tertiary/aromatic N) is 4. The predicted octanol–water partition coefficient (Wildman–Crippen LogP) is 1.76. The van der Waals surface area contributed by atoms with Crippen LogP contribution in [0.3, 0.4) is 0 Å². The van der Waals surface area contributed by atoms with Crippen LogP contribution in [0.2, 0.25) is 0 Å². The first-order valence-electron chi connectivity index (χ1n) is 7.00. The Morgan fingerprint density at radius 1 is 1.55 bits per heavy atom. The van der Waals surface area contributed by atoms with Crippen molar-refractivity contribution in [1.29, 1.82) is 0 Å². The molecule has 1 aliphatic heterocycles. The number of aryl methyl sites for hydroxylation is 1. The van der Waals surface area contributed by atoms with Crippen LogP contribution >= 0.6 is 11.5 Å². The van der Waals surface area contributed by atoms with Crippen molar-refractivity contribution in [1.82, 2.24) is 24.7 Å². The lowest BCUT2D eigenvalue weighted by Gasteiger charge is -2.31. The molecular formula is C13H19N5OS. The second-order valence-corrected chi connectivity index (χ2v) is 5.56. The van der Waals surface area contributed by atoms with E-state index in [2.05, 4.69) is 33.1 Å². The fourth-order valence-corrected chi connectivity index (χ4v) is 2.97. The lowest BCUT2D eigenvalue weighted by molar-refractivity contribution is -0.0113. The molecule has 1 N–H and O–H groups in total. The Labute approximate surface area is 122 Å². The van der Waals surface area contributed by atoms with Crippen LogP contribution in [0.5, 0.6) is 0 Å². The van der Waals surface area contributed by atoms with Crippen molar-refractivity contribution >= 4 is 11.5 Å². The summed E-state index contributed by atoms with van der Waals surface area (Å²) >= 11 is 1.38. The van der Waals surface area contributed by atoms with E-state index in [4.69, 9.17) is 4.74 Å². The van der Waals surface area contributed by atoms with Gasteiger partial charge in [-0.2, -0.15) is 5.10 Å². The van der Waals surface area contributed by atoms with Crippen LogP contribution in [0.15, 0.2) is 17.8 Å². The summed E-state index contributed by atoms with van der Waals surface area (Å²) in [6, 6.07) is 0.306. The molecular weight excluding hydrogens is 274 g/mol. The van der Waals surface area contributed by atoms with Crippen LogP contribution in [0.1, 0.15) is 37.1 Å². The minimum Gasteiger partial charge on any atom is -0.372 e. The van der Waals surface area contributed by atoms with Crippen molar-refractivity contribution in [2.24, 2.45) is 0 Å². The second kappa shape index (κ2) is 6.43. The third kappa shape index (κ3) is 3.05. The van der Waals surface area contributed by atoms with Gasteiger partial charge in [-0.15, -0.1) is 5.10 Å². The summed E-state index contributed by atoms with van der Waals surface area (Å²) in [5.74, 6) is 0. The van der Waals surface area contributed by atoms with Crippen LogP contribution in [0.25, 0.3) is 0 Å². The molecule has 0 aliphatic carbocycles. The number of rotatable bonds is 5. The van der Waals surface area contributed by atoms with Crippen molar-refractivity contribution in [3.63, 3.8) is 0 Å². The molecule has 0 amide bonds. The molecule has 7 heteroatoms. The largest absolute Gasteiger partial charge is 0.372 e. The van der Waals surface area contributed by atoms with Gasteiger partial charge in [-0.05, 0) is 31.3 Å². The van der Waals surface area contributed by atoms with Gasteiger partial charge in [0.15, 0.2) is 0 Å². The first-order valence-corrected chi connectivity index (χ1v) is 7.83. The minimum absolute atomic E-state index is 0.0793. The Morgan fingerprint density at radius 3 is 3.25 bits per heavy atom. The van der Waals surface area contributed by atoms with Gasteiger partial charge < -0.3 is 10.1 Å². The smallest absolute Gasteiger partial charge is 0.101 e. The Kier molecular flexibility index (Phi) is 4.39. The Hall–Kier alpha value is -1.31. The summed E-state index contributed by atoms with van der Waals surface area (Å²) in [6.45, 7) is 4.53. The lowest BCUT2D eigenvalue weighted by Crippen LogP contribution is -2.39.